The Morgan fingerprint density at radius 3 is 2.52 bits per heavy atom. The molecule has 1 aliphatic heterocycles. The molecule has 27 heavy (non-hydrogen) atoms. The van der Waals surface area contributed by atoms with E-state index in [9.17, 15) is 4.79 Å². The summed E-state index contributed by atoms with van der Waals surface area (Å²) in [6, 6.07) is 11.8. The van der Waals surface area contributed by atoms with Gasteiger partial charge in [-0.3, -0.25) is 4.79 Å². The Kier molecular flexibility index (Phi) is 4.79. The fourth-order valence-corrected chi connectivity index (χ4v) is 3.75. The van der Waals surface area contributed by atoms with E-state index < -0.39 is 0 Å². The molecule has 2 aromatic heterocycles. The molecule has 1 fully saturated rings. The van der Waals surface area contributed by atoms with Crippen LogP contribution in [0.3, 0.4) is 0 Å². The van der Waals surface area contributed by atoms with E-state index in [1.165, 1.54) is 23.9 Å². The Balaban J connectivity index is 1.63. The molecule has 4 rings (SSSR count). The van der Waals surface area contributed by atoms with Gasteiger partial charge in [0.25, 0.3) is 5.56 Å². The number of hydrogen-bond acceptors (Lipinski definition) is 4. The monoisotopic (exact) mass is 363 g/mol. The quantitative estimate of drug-likeness (QED) is 0.715. The van der Waals surface area contributed by atoms with Gasteiger partial charge in [0, 0.05) is 24.8 Å². The smallest absolute Gasteiger partial charge is 0.269 e. The van der Waals surface area contributed by atoms with Crippen molar-refractivity contribution in [1.82, 2.24) is 19.6 Å². The summed E-state index contributed by atoms with van der Waals surface area (Å²) in [4.78, 5) is 14.9. The third-order valence-corrected chi connectivity index (χ3v) is 5.13. The van der Waals surface area contributed by atoms with Gasteiger partial charge in [0.2, 0.25) is 0 Å². The van der Waals surface area contributed by atoms with Gasteiger partial charge in [0.05, 0.1) is 29.8 Å². The topological polar surface area (TPSA) is 56.0 Å². The van der Waals surface area contributed by atoms with Crippen molar-refractivity contribution in [2.75, 3.05) is 18.0 Å². The Morgan fingerprint density at radius 1 is 1.04 bits per heavy atom. The van der Waals surface area contributed by atoms with E-state index in [2.05, 4.69) is 21.2 Å². The fraction of sp³-hybridized carbons (Fsp3) is 0.381. The van der Waals surface area contributed by atoms with Crippen LogP contribution in [-0.2, 0) is 6.54 Å². The van der Waals surface area contributed by atoms with Crippen LogP contribution in [0.25, 0.3) is 5.69 Å². The summed E-state index contributed by atoms with van der Waals surface area (Å²) >= 11 is 0. The minimum atomic E-state index is -0.0683. The molecule has 0 aliphatic carbocycles. The number of aryl methyl sites for hydroxylation is 2. The van der Waals surface area contributed by atoms with E-state index in [1.807, 2.05) is 49.0 Å². The van der Waals surface area contributed by atoms with Crippen molar-refractivity contribution in [3.63, 3.8) is 0 Å². The van der Waals surface area contributed by atoms with Gasteiger partial charge in [0.1, 0.15) is 0 Å². The van der Waals surface area contributed by atoms with Crippen LogP contribution in [0, 0.1) is 13.8 Å². The Bertz CT molecular complexity index is 998. The molecular formula is C21H25N5O. The average molecular weight is 363 g/mol. The van der Waals surface area contributed by atoms with Gasteiger partial charge < -0.3 is 4.90 Å². The number of hydrogen-bond donors (Lipinski definition) is 0. The summed E-state index contributed by atoms with van der Waals surface area (Å²) in [5, 5.41) is 9.03. The van der Waals surface area contributed by atoms with Crippen LogP contribution < -0.4 is 10.5 Å². The molecule has 0 amide bonds. The molecular weight excluding hydrogens is 338 g/mol. The summed E-state index contributed by atoms with van der Waals surface area (Å²) in [5.41, 5.74) is 4.91. The van der Waals surface area contributed by atoms with Gasteiger partial charge in [-0.25, -0.2) is 9.36 Å². The predicted octanol–water partition coefficient (Wildman–Crippen LogP) is 3.08. The summed E-state index contributed by atoms with van der Waals surface area (Å²) < 4.78 is 3.45. The first-order chi connectivity index (χ1) is 13.1. The largest absolute Gasteiger partial charge is 0.370 e. The zero-order valence-corrected chi connectivity index (χ0v) is 15.9. The highest BCUT2D eigenvalue weighted by atomic mass is 16.1. The summed E-state index contributed by atoms with van der Waals surface area (Å²) in [7, 11) is 0. The standard InChI is InChI=1S/C21H25N5O/c1-16-12-17(2)26(23-16)20-9-5-4-8-18(20)15-25-21(27)13-19(14-22-25)24-10-6-3-7-11-24/h4-5,8-9,12-14H,3,6-7,10-11,15H2,1-2H3. The van der Waals surface area contributed by atoms with Crippen LogP contribution in [0.1, 0.15) is 36.2 Å². The first-order valence-electron chi connectivity index (χ1n) is 9.55. The van der Waals surface area contributed by atoms with Gasteiger partial charge in [0.15, 0.2) is 0 Å². The van der Waals surface area contributed by atoms with Crippen molar-refractivity contribution in [2.45, 2.75) is 39.7 Å². The molecule has 0 atom stereocenters. The first-order valence-corrected chi connectivity index (χ1v) is 9.55. The predicted molar refractivity (Wildman–Crippen MR) is 107 cm³/mol. The molecule has 6 nitrogen and oxygen atoms in total. The molecule has 0 N–H and O–H groups in total. The van der Waals surface area contributed by atoms with E-state index in [1.54, 1.807) is 6.07 Å². The van der Waals surface area contributed by atoms with Gasteiger partial charge in [-0.05, 0) is 50.8 Å². The SMILES string of the molecule is Cc1cc(C)n(-c2ccccc2Cn2ncc(N3CCCCC3)cc2=O)n1. The Morgan fingerprint density at radius 2 is 1.81 bits per heavy atom. The lowest BCUT2D eigenvalue weighted by molar-refractivity contribution is 0.571. The molecule has 0 spiro atoms. The highest BCUT2D eigenvalue weighted by molar-refractivity contribution is 5.44. The fourth-order valence-electron chi connectivity index (χ4n) is 3.75. The lowest BCUT2D eigenvalue weighted by Gasteiger charge is -2.28. The lowest BCUT2D eigenvalue weighted by atomic mass is 10.1. The van der Waals surface area contributed by atoms with Gasteiger partial charge in [-0.2, -0.15) is 10.2 Å². The number of benzene rings is 1. The molecule has 0 radical (unpaired) electrons. The summed E-state index contributed by atoms with van der Waals surface area (Å²) in [6.07, 6.45) is 5.45. The second kappa shape index (κ2) is 7.39. The zero-order chi connectivity index (χ0) is 18.8. The molecule has 3 aromatic rings. The maximum Gasteiger partial charge on any atom is 0.269 e. The highest BCUT2D eigenvalue weighted by Crippen LogP contribution is 2.19. The van der Waals surface area contributed by atoms with Gasteiger partial charge in [-0.1, -0.05) is 18.2 Å². The normalized spacial score (nSPS) is 14.5. The second-order valence-electron chi connectivity index (χ2n) is 7.22. The zero-order valence-electron chi connectivity index (χ0n) is 15.9. The third kappa shape index (κ3) is 3.65. The van der Waals surface area contributed by atoms with Gasteiger partial charge >= 0.3 is 0 Å². The summed E-state index contributed by atoms with van der Waals surface area (Å²) in [5.74, 6) is 0. The number of para-hydroxylation sites is 1. The van der Waals surface area contributed by atoms with Crippen molar-refractivity contribution in [3.05, 3.63) is 69.9 Å². The Labute approximate surface area is 159 Å². The number of anilines is 1. The maximum absolute atomic E-state index is 12.7. The minimum Gasteiger partial charge on any atom is -0.370 e. The number of rotatable bonds is 4. The van der Waals surface area contributed by atoms with Crippen LogP contribution in [0.5, 0.6) is 0 Å². The number of nitrogens with zero attached hydrogens (tertiary/aromatic N) is 5. The van der Waals surface area contributed by atoms with Crippen molar-refractivity contribution in [1.29, 1.82) is 0 Å². The molecule has 1 aromatic carbocycles. The summed E-state index contributed by atoms with van der Waals surface area (Å²) in [6.45, 7) is 6.46. The van der Waals surface area contributed by atoms with E-state index in [4.69, 9.17) is 0 Å². The van der Waals surface area contributed by atoms with Gasteiger partial charge in [-0.15, -0.1) is 0 Å². The molecule has 1 aliphatic rings. The molecule has 0 bridgehead atoms. The Hall–Kier alpha value is -2.89. The van der Waals surface area contributed by atoms with E-state index in [-0.39, 0.29) is 5.56 Å². The van der Waals surface area contributed by atoms with Crippen LogP contribution >= 0.6 is 0 Å². The molecule has 0 unspecified atom stereocenters. The third-order valence-electron chi connectivity index (χ3n) is 5.13. The molecule has 6 heteroatoms. The molecule has 3 heterocycles. The highest BCUT2D eigenvalue weighted by Gasteiger charge is 2.14. The number of piperidine rings is 1. The van der Waals surface area contributed by atoms with Crippen LogP contribution in [0.15, 0.2) is 47.4 Å². The van der Waals surface area contributed by atoms with Crippen LogP contribution in [-0.4, -0.2) is 32.7 Å². The molecule has 0 saturated carbocycles. The van der Waals surface area contributed by atoms with Crippen LogP contribution in [0.4, 0.5) is 5.69 Å². The van der Waals surface area contributed by atoms with Crippen LogP contribution in [0.2, 0.25) is 0 Å². The average Bonchev–Trinajstić information content (AvgIpc) is 3.02. The second-order valence-corrected chi connectivity index (χ2v) is 7.22. The lowest BCUT2D eigenvalue weighted by Crippen LogP contribution is -2.32. The molecule has 1 saturated heterocycles. The van der Waals surface area contributed by atoms with E-state index >= 15 is 0 Å². The van der Waals surface area contributed by atoms with Crippen molar-refractivity contribution in [2.24, 2.45) is 0 Å². The first kappa shape index (κ1) is 17.5. The maximum atomic E-state index is 12.7. The molecule has 140 valence electrons. The van der Waals surface area contributed by atoms with Crippen molar-refractivity contribution < 1.29 is 0 Å². The number of aromatic nitrogens is 4. The van der Waals surface area contributed by atoms with Crippen molar-refractivity contribution in [3.8, 4) is 5.69 Å². The van der Waals surface area contributed by atoms with E-state index in [0.29, 0.717) is 6.54 Å². The minimum absolute atomic E-state index is 0.0683. The van der Waals surface area contributed by atoms with Crippen molar-refractivity contribution >= 4 is 5.69 Å². The van der Waals surface area contributed by atoms with E-state index in [0.717, 1.165) is 41.4 Å².